The van der Waals surface area contributed by atoms with E-state index >= 15 is 0 Å². The summed E-state index contributed by atoms with van der Waals surface area (Å²) >= 11 is 0. The molecular weight excluding hydrogens is 196 g/mol. The van der Waals surface area contributed by atoms with E-state index in [1.807, 2.05) is 0 Å². The van der Waals surface area contributed by atoms with Crippen LogP contribution in [0.15, 0.2) is 23.0 Å². The van der Waals surface area contributed by atoms with Crippen LogP contribution in [0.5, 0.6) is 0 Å². The zero-order valence-corrected chi connectivity index (χ0v) is 9.45. The van der Waals surface area contributed by atoms with Crippen molar-refractivity contribution in [3.63, 3.8) is 0 Å². The summed E-state index contributed by atoms with van der Waals surface area (Å²) in [5.74, 6) is -10.4. The predicted octanol–water partition coefficient (Wildman–Crippen LogP) is -17.0. The molecule has 0 saturated heterocycles. The third-order valence-electron chi connectivity index (χ3n) is 1.24. The second kappa shape index (κ2) is 9.44. The van der Waals surface area contributed by atoms with Gasteiger partial charge in [0.25, 0.3) is 0 Å². The summed E-state index contributed by atoms with van der Waals surface area (Å²) in [4.78, 5) is 20.8. The largest absolute Gasteiger partial charge is 1.00 e. The normalized spacial score (nSPS) is 14.2. The molecule has 0 unspecified atom stereocenters. The first-order valence-electron chi connectivity index (χ1n) is 2.72. The molecule has 1 rings (SSSR count). The van der Waals surface area contributed by atoms with Crippen LogP contribution < -0.4 is 95.9 Å². The van der Waals surface area contributed by atoms with Crippen LogP contribution in [0.25, 0.3) is 0 Å². The van der Waals surface area contributed by atoms with Gasteiger partial charge in [0, 0.05) is 0 Å². The Morgan fingerprint density at radius 3 is 0.750 bits per heavy atom. The average Bonchev–Trinajstić information content (AvgIpc) is 2.08. The number of carbonyl (C=O) groups excluding carboxylic acids is 2. The summed E-state index contributed by atoms with van der Waals surface area (Å²) in [5, 5.41) is 41.6. The molecule has 10 heteroatoms. The Kier molecular flexibility index (Phi) is 14.9. The van der Waals surface area contributed by atoms with E-state index in [4.69, 9.17) is 0 Å². The molecule has 0 saturated carbocycles. The Morgan fingerprint density at radius 1 is 0.500 bits per heavy atom. The first-order chi connectivity index (χ1) is 5.46. The van der Waals surface area contributed by atoms with Crippen LogP contribution in [0.4, 0.5) is 0 Å². The van der Waals surface area contributed by atoms with E-state index < -0.39 is 34.6 Å². The second-order valence-corrected chi connectivity index (χ2v) is 1.97. The van der Waals surface area contributed by atoms with Crippen LogP contribution >= 0.6 is 0 Å². The smallest absolute Gasteiger partial charge is 0.870 e. The monoisotopic (exact) mass is 196 g/mol. The van der Waals surface area contributed by atoms with E-state index in [0.717, 1.165) is 0 Å². The molecule has 1 aliphatic rings. The van der Waals surface area contributed by atoms with Crippen molar-refractivity contribution in [2.45, 2.75) is 0 Å². The zero-order chi connectivity index (χ0) is 9.46. The maximum Gasteiger partial charge on any atom is 1.00 e. The molecule has 0 bridgehead atoms. The van der Waals surface area contributed by atoms with E-state index in [-0.39, 0.29) is 75.4 Å². The SMILES string of the molecule is O=C1C([O-])=C([O-])C(=O)C([O-])=C1[O-].[Li+].[Li+].[Li+].[Li+]. The summed E-state index contributed by atoms with van der Waals surface area (Å²) in [6.45, 7) is 0. The van der Waals surface area contributed by atoms with Crippen LogP contribution in [0.2, 0.25) is 0 Å². The Balaban J connectivity index is -0.000000180. The number of hydrogen-bond acceptors (Lipinski definition) is 6. The Labute approximate surface area is 139 Å². The van der Waals surface area contributed by atoms with Gasteiger partial charge >= 0.3 is 75.4 Å². The summed E-state index contributed by atoms with van der Waals surface area (Å²) in [6.07, 6.45) is 0. The fourth-order valence-electron chi connectivity index (χ4n) is 0.619. The van der Waals surface area contributed by atoms with Gasteiger partial charge in [-0.1, -0.05) is 23.0 Å². The van der Waals surface area contributed by atoms with Crippen molar-refractivity contribution < 1.29 is 105 Å². The number of ketones is 2. The van der Waals surface area contributed by atoms with Gasteiger partial charge in [-0.05, 0) is 0 Å². The number of carbonyl (C=O) groups is 2. The van der Waals surface area contributed by atoms with Gasteiger partial charge in [0.05, 0.1) is 0 Å². The molecule has 0 aromatic carbocycles. The van der Waals surface area contributed by atoms with Crippen molar-refractivity contribution in [2.75, 3.05) is 0 Å². The molecule has 0 aliphatic heterocycles. The first-order valence-corrected chi connectivity index (χ1v) is 2.72. The van der Waals surface area contributed by atoms with Crippen LogP contribution in [-0.4, -0.2) is 11.6 Å². The molecule has 64 valence electrons. The summed E-state index contributed by atoms with van der Waals surface area (Å²) in [7, 11) is 0. The first kappa shape index (κ1) is 25.3. The predicted molar refractivity (Wildman–Crippen MR) is 24.1 cm³/mol. The van der Waals surface area contributed by atoms with Crippen molar-refractivity contribution in [1.29, 1.82) is 0 Å². The minimum atomic E-state index is -1.73. The van der Waals surface area contributed by atoms with Crippen molar-refractivity contribution in [1.82, 2.24) is 0 Å². The van der Waals surface area contributed by atoms with E-state index in [0.29, 0.717) is 0 Å². The summed E-state index contributed by atoms with van der Waals surface area (Å²) in [6, 6.07) is 0. The van der Waals surface area contributed by atoms with Gasteiger partial charge < -0.3 is 20.4 Å². The van der Waals surface area contributed by atoms with Crippen molar-refractivity contribution in [3.05, 3.63) is 23.0 Å². The van der Waals surface area contributed by atoms with Crippen LogP contribution in [-0.2, 0) is 9.59 Å². The Morgan fingerprint density at radius 2 is 0.625 bits per heavy atom. The molecule has 0 radical (unpaired) electrons. The van der Waals surface area contributed by atoms with Crippen molar-refractivity contribution in [3.8, 4) is 0 Å². The van der Waals surface area contributed by atoms with E-state index in [2.05, 4.69) is 0 Å². The fourth-order valence-corrected chi connectivity index (χ4v) is 0.619. The standard InChI is InChI=1S/C6H4O6.4Li/c7-1-2(8)4(10)6(12)5(11)3(1)9;;;;/h7-8,11-12H;;;;/q;4*+1/p-4. The molecule has 0 N–H and O–H groups in total. The Hall–Kier alpha value is 0.410. The number of hydrogen-bond donors (Lipinski definition) is 0. The van der Waals surface area contributed by atoms with Gasteiger partial charge in [-0.25, -0.2) is 0 Å². The number of Topliss-reactive ketones (excluding diaryl/α,β-unsaturated/α-hetero) is 2. The summed E-state index contributed by atoms with van der Waals surface area (Å²) in [5.41, 5.74) is 0. The maximum absolute atomic E-state index is 10.4. The zero-order valence-electron chi connectivity index (χ0n) is 9.45. The van der Waals surface area contributed by atoms with Crippen LogP contribution in [0, 0.1) is 0 Å². The van der Waals surface area contributed by atoms with E-state index in [1.165, 1.54) is 0 Å². The number of rotatable bonds is 0. The average molecular weight is 196 g/mol. The van der Waals surface area contributed by atoms with Gasteiger partial charge in [0.2, 0.25) is 0 Å². The molecule has 6 nitrogen and oxygen atoms in total. The van der Waals surface area contributed by atoms with Gasteiger partial charge in [-0.3, -0.25) is 9.59 Å². The van der Waals surface area contributed by atoms with Crippen molar-refractivity contribution >= 4 is 11.6 Å². The third kappa shape index (κ3) is 4.35. The quantitative estimate of drug-likeness (QED) is 0.279. The minimum absolute atomic E-state index is 0. The van der Waals surface area contributed by atoms with Gasteiger partial charge in [-0.2, -0.15) is 0 Å². The molecule has 16 heavy (non-hydrogen) atoms. The topological polar surface area (TPSA) is 126 Å². The fraction of sp³-hybridized carbons (Fsp3) is 0. The molecule has 0 aromatic rings. The van der Waals surface area contributed by atoms with Crippen LogP contribution in [0.1, 0.15) is 0 Å². The van der Waals surface area contributed by atoms with Crippen LogP contribution in [0.3, 0.4) is 0 Å². The maximum atomic E-state index is 10.4. The van der Waals surface area contributed by atoms with Gasteiger partial charge in [0.1, 0.15) is 0 Å². The van der Waals surface area contributed by atoms with E-state index in [9.17, 15) is 30.0 Å². The molecule has 0 aromatic heterocycles. The van der Waals surface area contributed by atoms with Gasteiger partial charge in [0.15, 0.2) is 11.6 Å². The second-order valence-electron chi connectivity index (χ2n) is 1.97. The molecule has 1 aliphatic carbocycles. The third-order valence-corrected chi connectivity index (χ3v) is 1.24. The molecule has 0 spiro atoms. The van der Waals surface area contributed by atoms with Crippen molar-refractivity contribution in [2.24, 2.45) is 0 Å². The van der Waals surface area contributed by atoms with Gasteiger partial charge in [-0.15, -0.1) is 0 Å². The van der Waals surface area contributed by atoms with E-state index in [1.54, 1.807) is 0 Å². The molecule has 0 atom stereocenters. The molecule has 0 amide bonds. The minimum Gasteiger partial charge on any atom is -0.870 e. The molecular formula is C6Li4O6. The Bertz CT molecular complexity index is 285. The molecule has 0 heterocycles. The summed E-state index contributed by atoms with van der Waals surface area (Å²) < 4.78 is 0. The molecule has 0 fully saturated rings.